The van der Waals surface area contributed by atoms with Crippen LogP contribution in [0.4, 0.5) is 4.79 Å². The van der Waals surface area contributed by atoms with Gasteiger partial charge in [0.05, 0.1) is 0 Å². The first-order valence-corrected chi connectivity index (χ1v) is 7.13. The van der Waals surface area contributed by atoms with E-state index in [1.807, 2.05) is 4.90 Å². The third kappa shape index (κ3) is 5.09. The zero-order valence-electron chi connectivity index (χ0n) is 12.3. The van der Waals surface area contributed by atoms with Crippen molar-refractivity contribution >= 4 is 12.0 Å². The Morgan fingerprint density at radius 3 is 2.37 bits per heavy atom. The second kappa shape index (κ2) is 7.36. The number of hydrogen-bond donors (Lipinski definition) is 1. The molecule has 0 aromatic carbocycles. The molecule has 1 aliphatic rings. The average Bonchev–Trinajstić information content (AvgIpc) is 2.37. The lowest BCUT2D eigenvalue weighted by Gasteiger charge is -2.36. The van der Waals surface area contributed by atoms with Crippen LogP contribution in [0.25, 0.3) is 0 Å². The zero-order chi connectivity index (χ0) is 14.4. The number of aliphatic carboxylic acids is 1. The van der Waals surface area contributed by atoms with Crippen LogP contribution in [0.3, 0.4) is 0 Å². The van der Waals surface area contributed by atoms with Gasteiger partial charge in [-0.2, -0.15) is 0 Å². The molecule has 19 heavy (non-hydrogen) atoms. The lowest BCUT2D eigenvalue weighted by atomic mass is 9.87. The summed E-state index contributed by atoms with van der Waals surface area (Å²) in [5.41, 5.74) is 0. The van der Waals surface area contributed by atoms with Crippen LogP contribution in [0.5, 0.6) is 0 Å². The minimum absolute atomic E-state index is 0.0348. The number of carboxylic acids is 1. The molecule has 0 radical (unpaired) electrons. The van der Waals surface area contributed by atoms with E-state index in [0.717, 1.165) is 31.8 Å². The standard InChI is InChI=1S/C14H26N2O3/c1-11(2)12-6-9-16(10-7-12)14(19)15(3)8-4-5-13(17)18/h11-12H,4-10H2,1-3H3,(H,17,18). The average molecular weight is 270 g/mol. The van der Waals surface area contributed by atoms with Crippen molar-refractivity contribution in [3.05, 3.63) is 0 Å². The number of piperidine rings is 1. The summed E-state index contributed by atoms with van der Waals surface area (Å²) < 4.78 is 0. The van der Waals surface area contributed by atoms with Crippen LogP contribution in [0, 0.1) is 11.8 Å². The van der Waals surface area contributed by atoms with Crippen LogP contribution in [-0.4, -0.2) is 53.6 Å². The Morgan fingerprint density at radius 1 is 1.32 bits per heavy atom. The van der Waals surface area contributed by atoms with E-state index in [4.69, 9.17) is 5.11 Å². The minimum atomic E-state index is -0.807. The Hall–Kier alpha value is -1.26. The van der Waals surface area contributed by atoms with Gasteiger partial charge in [0.1, 0.15) is 0 Å². The number of carboxylic acid groups (broad SMARTS) is 1. The van der Waals surface area contributed by atoms with Gasteiger partial charge in [0, 0.05) is 33.1 Å². The fraction of sp³-hybridized carbons (Fsp3) is 0.857. The lowest BCUT2D eigenvalue weighted by molar-refractivity contribution is -0.137. The highest BCUT2D eigenvalue weighted by Gasteiger charge is 2.26. The summed E-state index contributed by atoms with van der Waals surface area (Å²) in [5, 5.41) is 8.58. The van der Waals surface area contributed by atoms with E-state index in [9.17, 15) is 9.59 Å². The fourth-order valence-electron chi connectivity index (χ4n) is 2.56. The molecular formula is C14H26N2O3. The maximum atomic E-state index is 12.2. The molecular weight excluding hydrogens is 244 g/mol. The van der Waals surface area contributed by atoms with E-state index < -0.39 is 5.97 Å². The lowest BCUT2D eigenvalue weighted by Crippen LogP contribution is -2.46. The van der Waals surface area contributed by atoms with Gasteiger partial charge in [-0.15, -0.1) is 0 Å². The van der Waals surface area contributed by atoms with Crippen molar-refractivity contribution in [3.63, 3.8) is 0 Å². The van der Waals surface area contributed by atoms with Gasteiger partial charge in [0.25, 0.3) is 0 Å². The van der Waals surface area contributed by atoms with Gasteiger partial charge in [-0.3, -0.25) is 4.79 Å². The van der Waals surface area contributed by atoms with Crippen molar-refractivity contribution in [2.24, 2.45) is 11.8 Å². The van der Waals surface area contributed by atoms with E-state index in [0.29, 0.717) is 18.9 Å². The summed E-state index contributed by atoms with van der Waals surface area (Å²) in [6.07, 6.45) is 2.78. The Bertz CT molecular complexity index is 310. The summed E-state index contributed by atoms with van der Waals surface area (Å²) in [4.78, 5) is 26.1. The van der Waals surface area contributed by atoms with Crippen molar-refractivity contribution < 1.29 is 14.7 Å². The largest absolute Gasteiger partial charge is 0.481 e. The Balaban J connectivity index is 2.31. The third-order valence-corrected chi connectivity index (χ3v) is 3.96. The zero-order valence-corrected chi connectivity index (χ0v) is 12.3. The Kier molecular flexibility index (Phi) is 6.12. The minimum Gasteiger partial charge on any atom is -0.481 e. The smallest absolute Gasteiger partial charge is 0.319 e. The molecule has 0 bridgehead atoms. The number of urea groups is 1. The summed E-state index contributed by atoms with van der Waals surface area (Å²) in [5.74, 6) is 0.602. The van der Waals surface area contributed by atoms with Gasteiger partial charge >= 0.3 is 12.0 Å². The van der Waals surface area contributed by atoms with Crippen LogP contribution in [0.15, 0.2) is 0 Å². The molecule has 0 saturated carbocycles. The number of nitrogens with zero attached hydrogens (tertiary/aromatic N) is 2. The highest BCUT2D eigenvalue weighted by molar-refractivity contribution is 5.74. The predicted octanol–water partition coefficient (Wildman–Crippen LogP) is 2.27. The van der Waals surface area contributed by atoms with Crippen LogP contribution >= 0.6 is 0 Å². The monoisotopic (exact) mass is 270 g/mol. The van der Waals surface area contributed by atoms with Gasteiger partial charge < -0.3 is 14.9 Å². The molecule has 1 N–H and O–H groups in total. The van der Waals surface area contributed by atoms with E-state index in [1.54, 1.807) is 11.9 Å². The predicted molar refractivity (Wildman–Crippen MR) is 74.0 cm³/mol. The van der Waals surface area contributed by atoms with Crippen LogP contribution < -0.4 is 0 Å². The molecule has 0 aromatic rings. The number of likely N-dealkylation sites (tertiary alicyclic amines) is 1. The number of hydrogen-bond acceptors (Lipinski definition) is 2. The second-order valence-corrected chi connectivity index (χ2v) is 5.77. The second-order valence-electron chi connectivity index (χ2n) is 5.77. The number of amides is 2. The quantitative estimate of drug-likeness (QED) is 0.833. The third-order valence-electron chi connectivity index (χ3n) is 3.96. The van der Waals surface area contributed by atoms with E-state index >= 15 is 0 Å². The first-order valence-electron chi connectivity index (χ1n) is 7.13. The highest BCUT2D eigenvalue weighted by atomic mass is 16.4. The molecule has 1 fully saturated rings. The first-order chi connectivity index (χ1) is 8.91. The molecule has 0 spiro atoms. The van der Waals surface area contributed by atoms with Crippen molar-refractivity contribution in [1.29, 1.82) is 0 Å². The van der Waals surface area contributed by atoms with Crippen LogP contribution in [0.2, 0.25) is 0 Å². The molecule has 0 aromatic heterocycles. The molecule has 110 valence electrons. The first kappa shape index (κ1) is 15.8. The van der Waals surface area contributed by atoms with Crippen molar-refractivity contribution in [3.8, 4) is 0 Å². The maximum absolute atomic E-state index is 12.2. The molecule has 1 saturated heterocycles. The summed E-state index contributed by atoms with van der Waals surface area (Å²) in [7, 11) is 1.75. The molecule has 5 nitrogen and oxygen atoms in total. The van der Waals surface area contributed by atoms with Crippen LogP contribution in [0.1, 0.15) is 39.5 Å². The molecule has 1 rings (SSSR count). The van der Waals surface area contributed by atoms with Crippen molar-refractivity contribution in [2.75, 3.05) is 26.7 Å². The summed E-state index contributed by atoms with van der Waals surface area (Å²) in [6.45, 7) is 6.63. The molecule has 0 atom stereocenters. The topological polar surface area (TPSA) is 60.9 Å². The van der Waals surface area contributed by atoms with E-state index in [1.165, 1.54) is 0 Å². The van der Waals surface area contributed by atoms with Gasteiger partial charge in [0.15, 0.2) is 0 Å². The van der Waals surface area contributed by atoms with Gasteiger partial charge in [-0.1, -0.05) is 13.8 Å². The van der Waals surface area contributed by atoms with E-state index in [2.05, 4.69) is 13.8 Å². The fourth-order valence-corrected chi connectivity index (χ4v) is 2.56. The van der Waals surface area contributed by atoms with Crippen molar-refractivity contribution in [1.82, 2.24) is 9.80 Å². The molecule has 5 heteroatoms. The molecule has 0 aliphatic carbocycles. The van der Waals surface area contributed by atoms with Crippen molar-refractivity contribution in [2.45, 2.75) is 39.5 Å². The van der Waals surface area contributed by atoms with E-state index in [-0.39, 0.29) is 12.5 Å². The van der Waals surface area contributed by atoms with Gasteiger partial charge in [-0.25, -0.2) is 4.79 Å². The molecule has 1 heterocycles. The van der Waals surface area contributed by atoms with Gasteiger partial charge in [0.2, 0.25) is 0 Å². The SMILES string of the molecule is CC(C)C1CCN(C(=O)N(C)CCCC(=O)O)CC1. The number of carbonyl (C=O) groups is 2. The highest BCUT2D eigenvalue weighted by Crippen LogP contribution is 2.24. The summed E-state index contributed by atoms with van der Waals surface area (Å²) >= 11 is 0. The molecule has 2 amide bonds. The normalized spacial score (nSPS) is 16.7. The van der Waals surface area contributed by atoms with Gasteiger partial charge in [-0.05, 0) is 31.1 Å². The molecule has 1 aliphatic heterocycles. The maximum Gasteiger partial charge on any atom is 0.319 e. The van der Waals surface area contributed by atoms with Crippen LogP contribution in [-0.2, 0) is 4.79 Å². The number of rotatable bonds is 5. The Labute approximate surface area is 115 Å². The number of carbonyl (C=O) groups excluding carboxylic acids is 1. The Morgan fingerprint density at radius 2 is 1.89 bits per heavy atom. The summed E-state index contributed by atoms with van der Waals surface area (Å²) in [6, 6.07) is 0.0348. The molecule has 0 unspecified atom stereocenters.